The largest absolute Gasteiger partial charge is 0.497 e. The number of hydrogen-bond acceptors (Lipinski definition) is 3. The topological polar surface area (TPSA) is 56.1 Å². The molecule has 0 aliphatic rings. The van der Waals surface area contributed by atoms with E-state index in [1.807, 2.05) is 54.7 Å². The monoisotopic (exact) mass is 383 g/mol. The third-order valence-electron chi connectivity index (χ3n) is 4.25. The lowest BCUT2D eigenvalue weighted by Gasteiger charge is -2.05. The number of rotatable bonds is 8. The van der Waals surface area contributed by atoms with Crippen LogP contribution in [-0.2, 0) is 17.8 Å². The molecular weight excluding hydrogens is 362 g/mol. The van der Waals surface area contributed by atoms with Crippen LogP contribution < -0.4 is 10.1 Å². The maximum atomic E-state index is 12.0. The van der Waals surface area contributed by atoms with Crippen LogP contribution in [0.1, 0.15) is 24.0 Å². The minimum absolute atomic E-state index is 0.0442. The number of aryl methyl sites for hydroxylation is 1. The number of halogens is 1. The number of carbonyl (C=O) groups is 1. The van der Waals surface area contributed by atoms with Gasteiger partial charge >= 0.3 is 0 Å². The molecule has 0 fully saturated rings. The zero-order valence-electron chi connectivity index (χ0n) is 15.2. The maximum absolute atomic E-state index is 12.0. The van der Waals surface area contributed by atoms with E-state index in [-0.39, 0.29) is 5.91 Å². The molecule has 0 saturated carbocycles. The number of nitrogens with zero attached hydrogens (tertiary/aromatic N) is 2. The molecule has 0 unspecified atom stereocenters. The molecule has 0 aliphatic carbocycles. The molecule has 0 radical (unpaired) electrons. The van der Waals surface area contributed by atoms with Gasteiger partial charge in [0.1, 0.15) is 5.75 Å². The van der Waals surface area contributed by atoms with Crippen LogP contribution in [0.4, 0.5) is 0 Å². The molecule has 2 aromatic carbocycles. The number of nitrogens with one attached hydrogen (secondary N) is 1. The average Bonchev–Trinajstić information content (AvgIpc) is 3.16. The van der Waals surface area contributed by atoms with Crippen LogP contribution in [0, 0.1) is 0 Å². The lowest BCUT2D eigenvalue weighted by atomic mass is 10.1. The van der Waals surface area contributed by atoms with Crippen molar-refractivity contribution >= 4 is 17.5 Å². The molecule has 140 valence electrons. The Morgan fingerprint density at radius 2 is 1.85 bits per heavy atom. The Balaban J connectivity index is 1.42. The van der Waals surface area contributed by atoms with Gasteiger partial charge in [-0.1, -0.05) is 23.7 Å². The number of amides is 1. The average molecular weight is 384 g/mol. The zero-order chi connectivity index (χ0) is 19.1. The minimum Gasteiger partial charge on any atom is -0.497 e. The highest BCUT2D eigenvalue weighted by atomic mass is 35.5. The van der Waals surface area contributed by atoms with Gasteiger partial charge in [0.05, 0.1) is 19.0 Å². The lowest BCUT2D eigenvalue weighted by Crippen LogP contribution is -2.22. The first-order chi connectivity index (χ1) is 13.1. The fraction of sp³-hybridized carbons (Fsp3) is 0.238. The molecule has 1 aromatic heterocycles. The van der Waals surface area contributed by atoms with Gasteiger partial charge in [-0.3, -0.25) is 4.79 Å². The maximum Gasteiger partial charge on any atom is 0.220 e. The van der Waals surface area contributed by atoms with Gasteiger partial charge in [0.25, 0.3) is 0 Å². The predicted octanol–water partition coefficient (Wildman–Crippen LogP) is 4.17. The third-order valence-corrected chi connectivity index (χ3v) is 4.50. The van der Waals surface area contributed by atoms with Crippen LogP contribution in [0.15, 0.2) is 60.9 Å². The van der Waals surface area contributed by atoms with E-state index in [9.17, 15) is 4.79 Å². The number of aromatic nitrogens is 2. The molecule has 1 N–H and O–H groups in total. The van der Waals surface area contributed by atoms with Crippen LogP contribution in [0.25, 0.3) is 5.69 Å². The first-order valence-corrected chi connectivity index (χ1v) is 9.21. The summed E-state index contributed by atoms with van der Waals surface area (Å²) in [5, 5.41) is 7.95. The van der Waals surface area contributed by atoms with Gasteiger partial charge in [0.2, 0.25) is 5.91 Å². The molecule has 1 amide bonds. The van der Waals surface area contributed by atoms with Crippen LogP contribution in [0.3, 0.4) is 0 Å². The van der Waals surface area contributed by atoms with Crippen molar-refractivity contribution in [3.05, 3.63) is 77.1 Å². The predicted molar refractivity (Wildman–Crippen MR) is 106 cm³/mol. The van der Waals surface area contributed by atoms with Gasteiger partial charge in [-0.2, -0.15) is 5.10 Å². The summed E-state index contributed by atoms with van der Waals surface area (Å²) in [6, 6.07) is 15.4. The van der Waals surface area contributed by atoms with Crippen molar-refractivity contribution in [1.29, 1.82) is 0 Å². The Bertz CT molecular complexity index is 873. The molecule has 0 bridgehead atoms. The summed E-state index contributed by atoms with van der Waals surface area (Å²) in [5.74, 6) is 0.887. The molecular formula is C21H22ClN3O2. The van der Waals surface area contributed by atoms with Gasteiger partial charge in [0, 0.05) is 29.7 Å². The SMILES string of the molecule is COc1ccc(CCCC(=O)NCc2cnn(-c3ccc(Cl)cc3)c2)cc1. The Kier molecular flexibility index (Phi) is 6.49. The second-order valence-electron chi connectivity index (χ2n) is 6.25. The van der Waals surface area contributed by atoms with Crippen molar-refractivity contribution in [1.82, 2.24) is 15.1 Å². The fourth-order valence-corrected chi connectivity index (χ4v) is 2.85. The van der Waals surface area contributed by atoms with Crippen LogP contribution in [0.5, 0.6) is 5.75 Å². The summed E-state index contributed by atoms with van der Waals surface area (Å²) in [4.78, 5) is 12.0. The van der Waals surface area contributed by atoms with Gasteiger partial charge in [-0.15, -0.1) is 0 Å². The van der Waals surface area contributed by atoms with Crippen LogP contribution in [0.2, 0.25) is 5.02 Å². The van der Waals surface area contributed by atoms with Crippen LogP contribution >= 0.6 is 11.6 Å². The molecule has 0 atom stereocenters. The minimum atomic E-state index is 0.0442. The van der Waals surface area contributed by atoms with Crippen molar-refractivity contribution < 1.29 is 9.53 Å². The van der Waals surface area contributed by atoms with Gasteiger partial charge in [-0.05, 0) is 54.8 Å². The third kappa shape index (κ3) is 5.59. The Hall–Kier alpha value is -2.79. The van der Waals surface area contributed by atoms with E-state index >= 15 is 0 Å². The number of hydrogen-bond donors (Lipinski definition) is 1. The fourth-order valence-electron chi connectivity index (χ4n) is 2.72. The summed E-state index contributed by atoms with van der Waals surface area (Å²) in [7, 11) is 1.65. The van der Waals surface area contributed by atoms with Crippen molar-refractivity contribution in [3.8, 4) is 11.4 Å². The quantitative estimate of drug-likeness (QED) is 0.635. The molecule has 6 heteroatoms. The summed E-state index contributed by atoms with van der Waals surface area (Å²) < 4.78 is 6.91. The van der Waals surface area contributed by atoms with Crippen molar-refractivity contribution in [2.45, 2.75) is 25.8 Å². The molecule has 3 rings (SSSR count). The molecule has 3 aromatic rings. The normalized spacial score (nSPS) is 10.6. The zero-order valence-corrected chi connectivity index (χ0v) is 15.9. The summed E-state index contributed by atoms with van der Waals surface area (Å²) in [6.45, 7) is 0.467. The van der Waals surface area contributed by atoms with Crippen molar-refractivity contribution in [2.75, 3.05) is 7.11 Å². The smallest absolute Gasteiger partial charge is 0.220 e. The summed E-state index contributed by atoms with van der Waals surface area (Å²) >= 11 is 5.90. The number of benzene rings is 2. The van der Waals surface area contributed by atoms with E-state index in [2.05, 4.69) is 10.4 Å². The molecule has 27 heavy (non-hydrogen) atoms. The van der Waals surface area contributed by atoms with Gasteiger partial charge in [0.15, 0.2) is 0 Å². The van der Waals surface area contributed by atoms with E-state index < -0.39 is 0 Å². The van der Waals surface area contributed by atoms with E-state index in [0.29, 0.717) is 18.0 Å². The van der Waals surface area contributed by atoms with Crippen LogP contribution in [-0.4, -0.2) is 22.8 Å². The second-order valence-corrected chi connectivity index (χ2v) is 6.68. The summed E-state index contributed by atoms with van der Waals surface area (Å²) in [6.07, 6.45) is 5.83. The van der Waals surface area contributed by atoms with E-state index in [1.54, 1.807) is 18.0 Å². The number of carbonyl (C=O) groups excluding carboxylic acids is 1. The number of ether oxygens (including phenoxy) is 1. The Morgan fingerprint density at radius 3 is 2.56 bits per heavy atom. The van der Waals surface area contributed by atoms with E-state index in [0.717, 1.165) is 29.8 Å². The molecule has 1 heterocycles. The lowest BCUT2D eigenvalue weighted by molar-refractivity contribution is -0.121. The number of methoxy groups -OCH3 is 1. The Morgan fingerprint density at radius 1 is 1.11 bits per heavy atom. The molecule has 5 nitrogen and oxygen atoms in total. The van der Waals surface area contributed by atoms with Crippen molar-refractivity contribution in [2.24, 2.45) is 0 Å². The molecule has 0 saturated heterocycles. The highest BCUT2D eigenvalue weighted by Gasteiger charge is 2.05. The van der Waals surface area contributed by atoms with Gasteiger partial charge in [-0.25, -0.2) is 4.68 Å². The molecule has 0 spiro atoms. The van der Waals surface area contributed by atoms with Crippen molar-refractivity contribution in [3.63, 3.8) is 0 Å². The highest BCUT2D eigenvalue weighted by molar-refractivity contribution is 6.30. The van der Waals surface area contributed by atoms with E-state index in [4.69, 9.17) is 16.3 Å². The Labute approximate surface area is 163 Å². The van der Waals surface area contributed by atoms with Gasteiger partial charge < -0.3 is 10.1 Å². The molecule has 0 aliphatic heterocycles. The van der Waals surface area contributed by atoms with E-state index in [1.165, 1.54) is 5.56 Å². The standard InChI is InChI=1S/C21H22ClN3O2/c1-27-20-11-5-16(6-12-20)3-2-4-21(26)23-13-17-14-24-25(15-17)19-9-7-18(22)8-10-19/h5-12,14-15H,2-4,13H2,1H3,(H,23,26). The second kappa shape index (κ2) is 9.24. The first kappa shape index (κ1) is 19.0. The first-order valence-electron chi connectivity index (χ1n) is 8.83. The highest BCUT2D eigenvalue weighted by Crippen LogP contribution is 2.14. The summed E-state index contributed by atoms with van der Waals surface area (Å²) in [5.41, 5.74) is 3.08.